The maximum atomic E-state index is 12.6. The monoisotopic (exact) mass is 226 g/mol. The molecule has 1 fully saturated rings. The Morgan fingerprint density at radius 3 is 1.87 bits per heavy atom. The van der Waals surface area contributed by atoms with Gasteiger partial charge in [-0.25, -0.2) is 0 Å². The molecule has 1 nitrogen and oxygen atoms in total. The molecule has 0 unspecified atom stereocenters. The fraction of sp³-hybridized carbons (Fsp3) is 0.923. The van der Waals surface area contributed by atoms with Crippen LogP contribution in [-0.4, -0.2) is 13.5 Å². The molecule has 15 heavy (non-hydrogen) atoms. The Morgan fingerprint density at radius 1 is 1.00 bits per heavy atom. The second kappa shape index (κ2) is 5.83. The Hall–Kier alpha value is -0.113. The van der Waals surface area contributed by atoms with Crippen LogP contribution in [0, 0.1) is 5.92 Å². The second-order valence-corrected chi connectivity index (χ2v) is 10.2. The summed E-state index contributed by atoms with van der Waals surface area (Å²) in [6, 6.07) is 3.49. The number of carbonyl (C=O) groups is 1. The van der Waals surface area contributed by atoms with Crippen molar-refractivity contribution < 1.29 is 4.79 Å². The minimum Gasteiger partial charge on any atom is -0.305 e. The van der Waals surface area contributed by atoms with Crippen LogP contribution in [0.3, 0.4) is 0 Å². The average Bonchev–Trinajstić information content (AvgIpc) is 2.33. The first kappa shape index (κ1) is 13.0. The number of hydrogen-bond acceptors (Lipinski definition) is 1. The van der Waals surface area contributed by atoms with Crippen molar-refractivity contribution in [3.8, 4) is 0 Å². The van der Waals surface area contributed by atoms with Crippen molar-refractivity contribution in [2.24, 2.45) is 5.92 Å². The highest BCUT2D eigenvalue weighted by Gasteiger charge is 2.39. The smallest absolute Gasteiger partial charge is 0.132 e. The lowest BCUT2D eigenvalue weighted by Crippen LogP contribution is -2.46. The average molecular weight is 226 g/mol. The molecular formula is C13H26OSi. The maximum absolute atomic E-state index is 12.6. The molecule has 1 rings (SSSR count). The standard InChI is InChI=1S/C13H26OSi/c1-4-15(5-2,6-3)13(14)12-10-8-7-9-11-12/h12H,4-11H2,1-3H3. The highest BCUT2D eigenvalue weighted by atomic mass is 28.3. The predicted molar refractivity (Wildman–Crippen MR) is 68.8 cm³/mol. The first-order chi connectivity index (χ1) is 7.20. The number of rotatable bonds is 5. The third-order valence-electron chi connectivity index (χ3n) is 4.53. The van der Waals surface area contributed by atoms with Crippen LogP contribution in [-0.2, 0) is 4.79 Å². The Bertz CT molecular complexity index is 194. The highest BCUT2D eigenvalue weighted by Crippen LogP contribution is 2.32. The Morgan fingerprint density at radius 2 is 1.47 bits per heavy atom. The molecule has 0 saturated heterocycles. The van der Waals surface area contributed by atoms with Gasteiger partial charge in [0.25, 0.3) is 0 Å². The lowest BCUT2D eigenvalue weighted by atomic mass is 9.90. The van der Waals surface area contributed by atoms with Gasteiger partial charge in [0.05, 0.1) is 0 Å². The van der Waals surface area contributed by atoms with Gasteiger partial charge in [-0.3, -0.25) is 0 Å². The van der Waals surface area contributed by atoms with E-state index < -0.39 is 8.07 Å². The summed E-state index contributed by atoms with van der Waals surface area (Å²) < 4.78 is 0. The van der Waals surface area contributed by atoms with Crippen LogP contribution < -0.4 is 0 Å². The molecule has 0 aliphatic heterocycles. The van der Waals surface area contributed by atoms with Crippen LogP contribution in [0.4, 0.5) is 0 Å². The third-order valence-corrected chi connectivity index (χ3v) is 10.0. The van der Waals surface area contributed by atoms with E-state index >= 15 is 0 Å². The van der Waals surface area contributed by atoms with E-state index in [1.165, 1.54) is 32.1 Å². The molecule has 0 bridgehead atoms. The summed E-state index contributed by atoms with van der Waals surface area (Å²) in [6.07, 6.45) is 6.31. The van der Waals surface area contributed by atoms with Crippen LogP contribution in [0.1, 0.15) is 52.9 Å². The van der Waals surface area contributed by atoms with Crippen LogP contribution in [0.25, 0.3) is 0 Å². The summed E-state index contributed by atoms with van der Waals surface area (Å²) in [4.78, 5) is 12.6. The molecule has 1 aliphatic carbocycles. The predicted octanol–water partition coefficient (Wildman–Crippen LogP) is 4.18. The lowest BCUT2D eigenvalue weighted by molar-refractivity contribution is -0.117. The number of hydrogen-bond donors (Lipinski definition) is 0. The van der Waals surface area contributed by atoms with E-state index in [0.717, 1.165) is 23.5 Å². The first-order valence-corrected chi connectivity index (χ1v) is 9.36. The summed E-state index contributed by atoms with van der Waals surface area (Å²) in [5.74, 6) is 0.449. The van der Waals surface area contributed by atoms with Crippen LogP contribution in [0.5, 0.6) is 0 Å². The van der Waals surface area contributed by atoms with Crippen molar-refractivity contribution in [1.29, 1.82) is 0 Å². The molecule has 0 amide bonds. The lowest BCUT2D eigenvalue weighted by Gasteiger charge is -2.32. The second-order valence-electron chi connectivity index (χ2n) is 5.04. The van der Waals surface area contributed by atoms with E-state index in [9.17, 15) is 4.79 Å². The van der Waals surface area contributed by atoms with Gasteiger partial charge in [0.1, 0.15) is 13.5 Å². The summed E-state index contributed by atoms with van der Waals surface area (Å²) in [5, 5.41) is 0.717. The van der Waals surface area contributed by atoms with E-state index in [-0.39, 0.29) is 0 Å². The van der Waals surface area contributed by atoms with Crippen LogP contribution in [0.15, 0.2) is 0 Å². The summed E-state index contributed by atoms with van der Waals surface area (Å²) in [5.41, 5.74) is 0. The zero-order valence-corrected chi connectivity index (χ0v) is 11.6. The molecule has 0 atom stereocenters. The Kier molecular flexibility index (Phi) is 5.04. The normalized spacial score (nSPS) is 19.1. The molecule has 0 aromatic carbocycles. The maximum Gasteiger partial charge on any atom is 0.132 e. The molecule has 0 heterocycles. The zero-order valence-electron chi connectivity index (χ0n) is 10.6. The minimum absolute atomic E-state index is 0.449. The van der Waals surface area contributed by atoms with Crippen molar-refractivity contribution in [2.75, 3.05) is 0 Å². The van der Waals surface area contributed by atoms with Gasteiger partial charge in [-0.05, 0) is 12.8 Å². The fourth-order valence-corrected chi connectivity index (χ4v) is 6.77. The molecule has 1 saturated carbocycles. The Balaban J connectivity index is 2.70. The fourth-order valence-electron chi connectivity index (χ4n) is 3.07. The van der Waals surface area contributed by atoms with Crippen LogP contribution >= 0.6 is 0 Å². The van der Waals surface area contributed by atoms with E-state index in [1.54, 1.807) is 0 Å². The summed E-state index contributed by atoms with van der Waals surface area (Å²) in [7, 11) is -1.55. The van der Waals surface area contributed by atoms with Gasteiger partial charge in [-0.15, -0.1) is 0 Å². The molecule has 0 aromatic heterocycles. The van der Waals surface area contributed by atoms with Gasteiger partial charge < -0.3 is 4.79 Å². The van der Waals surface area contributed by atoms with Crippen molar-refractivity contribution in [3.63, 3.8) is 0 Å². The van der Waals surface area contributed by atoms with E-state index in [1.807, 2.05) is 0 Å². The van der Waals surface area contributed by atoms with Crippen molar-refractivity contribution >= 4 is 13.5 Å². The topological polar surface area (TPSA) is 17.1 Å². The zero-order chi connectivity index (χ0) is 11.3. The first-order valence-electron chi connectivity index (χ1n) is 6.74. The Labute approximate surface area is 95.7 Å². The van der Waals surface area contributed by atoms with Gasteiger partial charge in [-0.2, -0.15) is 0 Å². The minimum atomic E-state index is -1.55. The van der Waals surface area contributed by atoms with Crippen molar-refractivity contribution in [1.82, 2.24) is 0 Å². The van der Waals surface area contributed by atoms with Gasteiger partial charge in [0, 0.05) is 5.92 Å². The molecule has 0 aromatic rings. The largest absolute Gasteiger partial charge is 0.305 e. The summed E-state index contributed by atoms with van der Waals surface area (Å²) >= 11 is 0. The van der Waals surface area contributed by atoms with Gasteiger partial charge in [0.15, 0.2) is 0 Å². The van der Waals surface area contributed by atoms with Gasteiger partial charge in [-0.1, -0.05) is 58.2 Å². The van der Waals surface area contributed by atoms with E-state index in [2.05, 4.69) is 20.8 Å². The van der Waals surface area contributed by atoms with Crippen molar-refractivity contribution in [2.45, 2.75) is 71.0 Å². The highest BCUT2D eigenvalue weighted by molar-refractivity contribution is 7.06. The SMILES string of the molecule is CC[Si](CC)(CC)C(=O)C1CCCCC1. The van der Waals surface area contributed by atoms with Crippen LogP contribution in [0.2, 0.25) is 18.1 Å². The summed E-state index contributed by atoms with van der Waals surface area (Å²) in [6.45, 7) is 6.71. The molecule has 2 heteroatoms. The quantitative estimate of drug-likeness (QED) is 0.643. The van der Waals surface area contributed by atoms with Gasteiger partial charge >= 0.3 is 0 Å². The molecule has 0 N–H and O–H groups in total. The van der Waals surface area contributed by atoms with Gasteiger partial charge in [0.2, 0.25) is 0 Å². The molecule has 0 radical (unpaired) electrons. The molecule has 88 valence electrons. The van der Waals surface area contributed by atoms with E-state index in [4.69, 9.17) is 0 Å². The third kappa shape index (κ3) is 2.71. The molecule has 0 spiro atoms. The number of carbonyl (C=O) groups excluding carboxylic acids is 1. The van der Waals surface area contributed by atoms with Crippen molar-refractivity contribution in [3.05, 3.63) is 0 Å². The van der Waals surface area contributed by atoms with E-state index in [0.29, 0.717) is 5.92 Å². The molecule has 1 aliphatic rings. The molecular weight excluding hydrogens is 200 g/mol.